The van der Waals surface area contributed by atoms with E-state index >= 15 is 0 Å². The second-order valence-electron chi connectivity index (χ2n) is 7.57. The highest BCUT2D eigenvalue weighted by atomic mass is 16.6. The van der Waals surface area contributed by atoms with Crippen molar-refractivity contribution < 1.29 is 23.8 Å². The van der Waals surface area contributed by atoms with Crippen molar-refractivity contribution in [1.82, 2.24) is 0 Å². The minimum Gasteiger partial charge on any atom is -0.489 e. The van der Waals surface area contributed by atoms with Gasteiger partial charge in [0.2, 0.25) is 0 Å². The Morgan fingerprint density at radius 1 is 0.943 bits per heavy atom. The highest BCUT2D eigenvalue weighted by molar-refractivity contribution is 6.01. The van der Waals surface area contributed by atoms with Crippen molar-refractivity contribution in [3.8, 4) is 17.6 Å². The number of carbonyl (C=O) groups is 1. The van der Waals surface area contributed by atoms with Gasteiger partial charge in [-0.1, -0.05) is 59.8 Å². The van der Waals surface area contributed by atoms with Crippen LogP contribution >= 0.6 is 0 Å². The second-order valence-corrected chi connectivity index (χ2v) is 7.57. The van der Waals surface area contributed by atoms with Crippen molar-refractivity contribution in [3.05, 3.63) is 95.6 Å². The maximum atomic E-state index is 11.7. The zero-order valence-electron chi connectivity index (χ0n) is 19.8. The van der Waals surface area contributed by atoms with E-state index in [1.807, 2.05) is 54.6 Å². The van der Waals surface area contributed by atoms with E-state index in [9.17, 15) is 10.1 Å². The Morgan fingerprint density at radius 2 is 1.60 bits per heavy atom. The number of hydrogen-bond acceptors (Lipinski definition) is 7. The molecule has 3 aromatic rings. The predicted octanol–water partition coefficient (Wildman–Crippen LogP) is 5.26. The summed E-state index contributed by atoms with van der Waals surface area (Å²) in [6.07, 6.45) is 0.0309. The summed E-state index contributed by atoms with van der Waals surface area (Å²) in [6, 6.07) is 26.7. The van der Waals surface area contributed by atoms with E-state index in [0.29, 0.717) is 30.4 Å². The molecule has 0 aliphatic heterocycles. The van der Waals surface area contributed by atoms with Crippen LogP contribution in [0.2, 0.25) is 0 Å². The van der Waals surface area contributed by atoms with Crippen molar-refractivity contribution in [3.63, 3.8) is 0 Å². The number of esters is 1. The number of nitrogens with zero attached hydrogens (tertiary/aromatic N) is 2. The standard InChI is InChI=1S/C28H28N2O5/c1-3-33-28(31)17-24(18-29)22-11-15-26(16-12-22)34-19-21-9-13-25(14-10-21)35-20-27(30-32-2)23-7-5-4-6-8-23/h4-16,24H,3,17,19-20H2,1-2H3/b30-27-. The van der Waals surface area contributed by atoms with E-state index in [1.165, 1.54) is 7.11 Å². The summed E-state index contributed by atoms with van der Waals surface area (Å²) in [7, 11) is 1.51. The number of benzene rings is 3. The van der Waals surface area contributed by atoms with Crippen LogP contribution in [0.1, 0.15) is 36.0 Å². The van der Waals surface area contributed by atoms with Crippen molar-refractivity contribution in [1.29, 1.82) is 5.26 Å². The van der Waals surface area contributed by atoms with Crippen LogP contribution in [0.15, 0.2) is 84.0 Å². The van der Waals surface area contributed by atoms with Crippen LogP contribution in [0.4, 0.5) is 0 Å². The van der Waals surface area contributed by atoms with Gasteiger partial charge in [-0.15, -0.1) is 0 Å². The first-order valence-electron chi connectivity index (χ1n) is 11.3. The van der Waals surface area contributed by atoms with Crippen molar-refractivity contribution in [2.75, 3.05) is 20.3 Å². The van der Waals surface area contributed by atoms with Gasteiger partial charge in [-0.2, -0.15) is 5.26 Å². The smallest absolute Gasteiger partial charge is 0.307 e. The van der Waals surface area contributed by atoms with Gasteiger partial charge in [0.25, 0.3) is 0 Å². The van der Waals surface area contributed by atoms with Crippen LogP contribution in [-0.2, 0) is 21.0 Å². The molecule has 3 aromatic carbocycles. The summed E-state index contributed by atoms with van der Waals surface area (Å²) in [5, 5.41) is 13.4. The molecule has 0 saturated heterocycles. The molecule has 7 heteroatoms. The predicted molar refractivity (Wildman–Crippen MR) is 132 cm³/mol. The molecule has 0 fully saturated rings. The quantitative estimate of drug-likeness (QED) is 0.203. The molecule has 35 heavy (non-hydrogen) atoms. The summed E-state index contributed by atoms with van der Waals surface area (Å²) in [5.41, 5.74) is 3.37. The maximum Gasteiger partial charge on any atom is 0.307 e. The van der Waals surface area contributed by atoms with Gasteiger partial charge in [-0.05, 0) is 42.3 Å². The summed E-state index contributed by atoms with van der Waals surface area (Å²) in [5.74, 6) is 0.452. The van der Waals surface area contributed by atoms with Crippen LogP contribution in [0.25, 0.3) is 0 Å². The molecular formula is C28H28N2O5. The number of ether oxygens (including phenoxy) is 3. The summed E-state index contributed by atoms with van der Waals surface area (Å²) in [6.45, 7) is 2.70. The molecule has 1 unspecified atom stereocenters. The van der Waals surface area contributed by atoms with Gasteiger partial charge >= 0.3 is 5.97 Å². The molecule has 3 rings (SSSR count). The Bertz CT molecular complexity index is 1140. The molecule has 0 aliphatic carbocycles. The average molecular weight is 473 g/mol. The summed E-state index contributed by atoms with van der Waals surface area (Å²) >= 11 is 0. The van der Waals surface area contributed by atoms with E-state index in [0.717, 1.165) is 16.7 Å². The first-order chi connectivity index (χ1) is 17.1. The lowest BCUT2D eigenvalue weighted by atomic mass is 9.97. The molecule has 0 saturated carbocycles. The molecule has 1 atom stereocenters. The topological polar surface area (TPSA) is 90.1 Å². The van der Waals surface area contributed by atoms with Gasteiger partial charge in [0, 0.05) is 5.56 Å². The molecule has 0 radical (unpaired) electrons. The van der Waals surface area contributed by atoms with E-state index in [-0.39, 0.29) is 19.0 Å². The Labute approximate surface area is 205 Å². The molecule has 0 aromatic heterocycles. The minimum absolute atomic E-state index is 0.0309. The van der Waals surface area contributed by atoms with Gasteiger partial charge in [-0.25, -0.2) is 0 Å². The molecule has 0 bridgehead atoms. The molecular weight excluding hydrogens is 444 g/mol. The van der Waals surface area contributed by atoms with Gasteiger partial charge in [0.15, 0.2) is 0 Å². The van der Waals surface area contributed by atoms with E-state index in [4.69, 9.17) is 19.0 Å². The van der Waals surface area contributed by atoms with Crippen molar-refractivity contribution in [2.24, 2.45) is 5.16 Å². The lowest BCUT2D eigenvalue weighted by molar-refractivity contribution is -0.143. The highest BCUT2D eigenvalue weighted by Gasteiger charge is 2.16. The average Bonchev–Trinajstić information content (AvgIpc) is 2.90. The van der Waals surface area contributed by atoms with Crippen LogP contribution in [-0.4, -0.2) is 32.0 Å². The van der Waals surface area contributed by atoms with Crippen molar-refractivity contribution >= 4 is 11.7 Å². The monoisotopic (exact) mass is 472 g/mol. The SMILES string of the molecule is CCOC(=O)CC(C#N)c1ccc(OCc2ccc(OC/C(=N/OC)c3ccccc3)cc2)cc1. The number of hydrogen-bond donors (Lipinski definition) is 0. The minimum atomic E-state index is -0.549. The number of carbonyl (C=O) groups excluding carboxylic acids is 1. The number of rotatable bonds is 12. The largest absolute Gasteiger partial charge is 0.489 e. The normalized spacial score (nSPS) is 11.7. The summed E-state index contributed by atoms with van der Waals surface area (Å²) < 4.78 is 16.7. The first kappa shape index (κ1) is 25.3. The van der Waals surface area contributed by atoms with Gasteiger partial charge in [0.05, 0.1) is 25.0 Å². The van der Waals surface area contributed by atoms with E-state index < -0.39 is 5.92 Å². The summed E-state index contributed by atoms with van der Waals surface area (Å²) in [4.78, 5) is 16.6. The van der Waals surface area contributed by atoms with Crippen LogP contribution in [0.3, 0.4) is 0 Å². The van der Waals surface area contributed by atoms with Crippen molar-refractivity contribution in [2.45, 2.75) is 25.9 Å². The van der Waals surface area contributed by atoms with Crippen LogP contribution in [0.5, 0.6) is 11.5 Å². The maximum absolute atomic E-state index is 11.7. The fraction of sp³-hybridized carbons (Fsp3) is 0.250. The van der Waals surface area contributed by atoms with Gasteiger partial charge < -0.3 is 19.0 Å². The zero-order valence-corrected chi connectivity index (χ0v) is 19.8. The molecule has 0 heterocycles. The molecule has 7 nitrogen and oxygen atoms in total. The Kier molecular flexibility index (Phi) is 9.70. The third-order valence-electron chi connectivity index (χ3n) is 5.13. The second kappa shape index (κ2) is 13.4. The third-order valence-corrected chi connectivity index (χ3v) is 5.13. The van der Waals surface area contributed by atoms with Crippen LogP contribution < -0.4 is 9.47 Å². The van der Waals surface area contributed by atoms with Gasteiger partial charge in [0.1, 0.15) is 37.5 Å². The highest BCUT2D eigenvalue weighted by Crippen LogP contribution is 2.23. The number of nitriles is 1. The Balaban J connectivity index is 1.51. The molecule has 180 valence electrons. The fourth-order valence-corrected chi connectivity index (χ4v) is 3.32. The molecule has 0 aliphatic rings. The Morgan fingerprint density at radius 3 is 2.23 bits per heavy atom. The molecule has 0 N–H and O–H groups in total. The lowest BCUT2D eigenvalue weighted by Gasteiger charge is -2.11. The number of oxime groups is 1. The zero-order chi connectivity index (χ0) is 24.9. The molecule has 0 amide bonds. The fourth-order valence-electron chi connectivity index (χ4n) is 3.32. The first-order valence-corrected chi connectivity index (χ1v) is 11.3. The Hall–Kier alpha value is -4.31. The van der Waals surface area contributed by atoms with E-state index in [2.05, 4.69) is 11.2 Å². The third kappa shape index (κ3) is 7.90. The van der Waals surface area contributed by atoms with Crippen LogP contribution in [0, 0.1) is 11.3 Å². The molecule has 0 spiro atoms. The van der Waals surface area contributed by atoms with E-state index in [1.54, 1.807) is 31.2 Å². The lowest BCUT2D eigenvalue weighted by Crippen LogP contribution is -2.13. The van der Waals surface area contributed by atoms with Gasteiger partial charge in [-0.3, -0.25) is 4.79 Å².